The van der Waals surface area contributed by atoms with Crippen LogP contribution in [0.2, 0.25) is 0 Å². The zero-order valence-electron chi connectivity index (χ0n) is 16.9. The first-order chi connectivity index (χ1) is 13.8. The van der Waals surface area contributed by atoms with Crippen LogP contribution in [0.1, 0.15) is 43.6 Å². The van der Waals surface area contributed by atoms with Gasteiger partial charge in [-0.2, -0.15) is 0 Å². The lowest BCUT2D eigenvalue weighted by Gasteiger charge is -2.53. The smallest absolute Gasteiger partial charge is 0.272 e. The second kappa shape index (κ2) is 7.39. The fraction of sp³-hybridized carbons (Fsp3) is 0.500. The van der Waals surface area contributed by atoms with E-state index >= 15 is 0 Å². The molecule has 2 aromatic rings. The molecule has 0 saturated carbocycles. The highest BCUT2D eigenvalue weighted by Gasteiger charge is 2.54. The van der Waals surface area contributed by atoms with Gasteiger partial charge in [0.2, 0.25) is 5.91 Å². The van der Waals surface area contributed by atoms with Gasteiger partial charge in [-0.05, 0) is 38.3 Å². The van der Waals surface area contributed by atoms with Crippen molar-refractivity contribution in [2.24, 2.45) is 0 Å². The zero-order chi connectivity index (χ0) is 20.6. The van der Waals surface area contributed by atoms with E-state index in [-0.39, 0.29) is 11.8 Å². The molecule has 3 heterocycles. The first kappa shape index (κ1) is 19.8. The van der Waals surface area contributed by atoms with Crippen LogP contribution in [0.3, 0.4) is 0 Å². The number of amides is 2. The molecule has 0 unspecified atom stereocenters. The largest absolute Gasteiger partial charge is 0.388 e. The first-order valence-electron chi connectivity index (χ1n) is 10.1. The summed E-state index contributed by atoms with van der Waals surface area (Å²) in [6.07, 6.45) is 0.758. The molecule has 2 amide bonds. The predicted octanol–water partition coefficient (Wildman–Crippen LogP) is 1.89. The molecule has 2 fully saturated rings. The number of ether oxygens (including phenoxy) is 1. The van der Waals surface area contributed by atoms with E-state index in [0.717, 1.165) is 10.9 Å². The number of pyridine rings is 1. The standard InChI is InChI=1S/C22H27N3O4/c1-15(26)24-21(2)11-14-29-22(20(21)28)9-12-25(13-10-22)19(27)18-8-7-16-5-3-4-6-17(16)23-18/h3-8,20,28H,9-14H2,1-2H3,(H,24,26)/t20-,21+/m1/s1. The number of benzene rings is 1. The number of aliphatic hydroxyl groups is 1. The maximum Gasteiger partial charge on any atom is 0.272 e. The van der Waals surface area contributed by atoms with Crippen molar-refractivity contribution in [1.82, 2.24) is 15.2 Å². The van der Waals surface area contributed by atoms with E-state index < -0.39 is 17.2 Å². The Bertz CT molecular complexity index is 939. The van der Waals surface area contributed by atoms with Crippen LogP contribution in [-0.2, 0) is 9.53 Å². The van der Waals surface area contributed by atoms with Crippen LogP contribution in [0.4, 0.5) is 0 Å². The number of nitrogens with one attached hydrogen (secondary N) is 1. The summed E-state index contributed by atoms with van der Waals surface area (Å²) in [7, 11) is 0. The molecular weight excluding hydrogens is 370 g/mol. The molecule has 2 atom stereocenters. The second-order valence-corrected chi connectivity index (χ2v) is 8.35. The van der Waals surface area contributed by atoms with Crippen LogP contribution in [0, 0.1) is 0 Å². The number of likely N-dealkylation sites (tertiary alicyclic amines) is 1. The van der Waals surface area contributed by atoms with Gasteiger partial charge in [-0.25, -0.2) is 4.98 Å². The van der Waals surface area contributed by atoms with E-state index in [1.807, 2.05) is 37.3 Å². The quantitative estimate of drug-likeness (QED) is 0.807. The molecule has 7 nitrogen and oxygen atoms in total. The van der Waals surface area contributed by atoms with Gasteiger partial charge in [-0.1, -0.05) is 24.3 Å². The predicted molar refractivity (Wildman–Crippen MR) is 108 cm³/mol. The zero-order valence-corrected chi connectivity index (χ0v) is 16.9. The topological polar surface area (TPSA) is 91.8 Å². The lowest BCUT2D eigenvalue weighted by molar-refractivity contribution is -0.205. The maximum absolute atomic E-state index is 13.0. The summed E-state index contributed by atoms with van der Waals surface area (Å²) in [5.74, 6) is -0.279. The highest BCUT2D eigenvalue weighted by Crippen LogP contribution is 2.40. The summed E-state index contributed by atoms with van der Waals surface area (Å²) >= 11 is 0. The van der Waals surface area contributed by atoms with Crippen LogP contribution < -0.4 is 5.32 Å². The number of fused-ring (bicyclic) bond motifs is 1. The Morgan fingerprint density at radius 2 is 1.90 bits per heavy atom. The number of hydrogen-bond acceptors (Lipinski definition) is 5. The minimum atomic E-state index is -0.830. The fourth-order valence-electron chi connectivity index (χ4n) is 4.65. The van der Waals surface area contributed by atoms with E-state index in [1.54, 1.807) is 11.0 Å². The number of carbonyl (C=O) groups excluding carboxylic acids is 2. The maximum atomic E-state index is 13.0. The summed E-state index contributed by atoms with van der Waals surface area (Å²) in [5, 5.41) is 15.0. The second-order valence-electron chi connectivity index (χ2n) is 8.35. The van der Waals surface area contributed by atoms with Crippen molar-refractivity contribution in [3.8, 4) is 0 Å². The Kier molecular flexibility index (Phi) is 5.04. The Balaban J connectivity index is 1.48. The third-order valence-corrected chi connectivity index (χ3v) is 6.29. The minimum absolute atomic E-state index is 0.111. The van der Waals surface area contributed by atoms with Gasteiger partial charge in [0.1, 0.15) is 11.8 Å². The highest BCUT2D eigenvalue weighted by molar-refractivity contribution is 5.95. The molecule has 2 aliphatic rings. The van der Waals surface area contributed by atoms with Gasteiger partial charge in [-0.3, -0.25) is 9.59 Å². The van der Waals surface area contributed by atoms with Crippen molar-refractivity contribution >= 4 is 22.7 Å². The molecule has 154 valence electrons. The Morgan fingerprint density at radius 3 is 2.62 bits per heavy atom. The minimum Gasteiger partial charge on any atom is -0.388 e. The van der Waals surface area contributed by atoms with E-state index in [4.69, 9.17) is 4.74 Å². The van der Waals surface area contributed by atoms with Crippen molar-refractivity contribution < 1.29 is 19.4 Å². The van der Waals surface area contributed by atoms with Gasteiger partial charge in [0.05, 0.1) is 16.7 Å². The summed E-state index contributed by atoms with van der Waals surface area (Å²) in [6.45, 7) is 4.73. The van der Waals surface area contributed by atoms with E-state index in [9.17, 15) is 14.7 Å². The van der Waals surface area contributed by atoms with Gasteiger partial charge < -0.3 is 20.1 Å². The van der Waals surface area contributed by atoms with Crippen molar-refractivity contribution in [1.29, 1.82) is 0 Å². The SMILES string of the molecule is CC(=O)N[C@@]1(C)CCOC2(CCN(C(=O)c3ccc4ccccc4n3)CC2)[C@@H]1O. The molecule has 2 aliphatic heterocycles. The summed E-state index contributed by atoms with van der Waals surface area (Å²) in [6, 6.07) is 11.4. The summed E-state index contributed by atoms with van der Waals surface area (Å²) in [4.78, 5) is 30.8. The Labute approximate surface area is 170 Å². The molecule has 0 bridgehead atoms. The van der Waals surface area contributed by atoms with Gasteiger partial charge in [0, 0.05) is 32.0 Å². The van der Waals surface area contributed by atoms with Gasteiger partial charge in [0.15, 0.2) is 0 Å². The number of aliphatic hydroxyl groups excluding tert-OH is 1. The molecule has 2 saturated heterocycles. The lowest BCUT2D eigenvalue weighted by atomic mass is 9.73. The van der Waals surface area contributed by atoms with E-state index in [0.29, 0.717) is 44.7 Å². The molecule has 2 N–H and O–H groups in total. The van der Waals surface area contributed by atoms with Gasteiger partial charge in [-0.15, -0.1) is 0 Å². The fourth-order valence-corrected chi connectivity index (χ4v) is 4.65. The molecule has 1 aromatic heterocycles. The number of piperidine rings is 1. The Hall–Kier alpha value is -2.51. The molecule has 1 aromatic carbocycles. The number of nitrogens with zero attached hydrogens (tertiary/aromatic N) is 2. The number of carbonyl (C=O) groups is 2. The van der Waals surface area contributed by atoms with Crippen molar-refractivity contribution in [3.63, 3.8) is 0 Å². The van der Waals surface area contributed by atoms with E-state index in [1.165, 1.54) is 6.92 Å². The number of para-hydroxylation sites is 1. The molecule has 7 heteroatoms. The molecular formula is C22H27N3O4. The number of hydrogen-bond donors (Lipinski definition) is 2. The average molecular weight is 397 g/mol. The molecule has 1 spiro atoms. The number of aromatic nitrogens is 1. The van der Waals surface area contributed by atoms with Crippen LogP contribution in [0.15, 0.2) is 36.4 Å². The van der Waals surface area contributed by atoms with Crippen LogP contribution >= 0.6 is 0 Å². The number of rotatable bonds is 2. The van der Waals surface area contributed by atoms with Crippen molar-refractivity contribution in [2.45, 2.75) is 50.4 Å². The molecule has 0 aliphatic carbocycles. The third kappa shape index (κ3) is 3.60. The van der Waals surface area contributed by atoms with Crippen molar-refractivity contribution in [3.05, 3.63) is 42.1 Å². The van der Waals surface area contributed by atoms with E-state index in [2.05, 4.69) is 10.3 Å². The van der Waals surface area contributed by atoms with Gasteiger partial charge >= 0.3 is 0 Å². The third-order valence-electron chi connectivity index (χ3n) is 6.29. The summed E-state index contributed by atoms with van der Waals surface area (Å²) < 4.78 is 6.03. The monoisotopic (exact) mass is 397 g/mol. The van der Waals surface area contributed by atoms with Crippen LogP contribution in [0.25, 0.3) is 10.9 Å². The molecule has 4 rings (SSSR count). The Morgan fingerprint density at radius 1 is 1.17 bits per heavy atom. The summed E-state index contributed by atoms with van der Waals surface area (Å²) in [5.41, 5.74) is -0.254. The van der Waals surface area contributed by atoms with Crippen molar-refractivity contribution in [2.75, 3.05) is 19.7 Å². The lowest BCUT2D eigenvalue weighted by Crippen LogP contribution is -2.69. The van der Waals surface area contributed by atoms with Crippen LogP contribution in [0.5, 0.6) is 0 Å². The van der Waals surface area contributed by atoms with Gasteiger partial charge in [0.25, 0.3) is 5.91 Å². The highest BCUT2D eigenvalue weighted by atomic mass is 16.5. The normalized spacial score (nSPS) is 26.4. The van der Waals surface area contributed by atoms with Crippen LogP contribution in [-0.4, -0.2) is 63.7 Å². The first-order valence-corrected chi connectivity index (χ1v) is 10.1. The molecule has 29 heavy (non-hydrogen) atoms. The molecule has 0 radical (unpaired) electrons. The average Bonchev–Trinajstić information content (AvgIpc) is 2.71.